The molecule has 0 saturated carbocycles. The third-order valence-corrected chi connectivity index (χ3v) is 4.76. The lowest BCUT2D eigenvalue weighted by molar-refractivity contribution is -0.147. The molecule has 1 aromatic carbocycles. The first-order valence-electron chi connectivity index (χ1n) is 5.62. The predicted molar refractivity (Wildman–Crippen MR) is 71.4 cm³/mol. The third-order valence-electron chi connectivity index (χ3n) is 3.46. The molecule has 0 aliphatic carbocycles. The van der Waals surface area contributed by atoms with Gasteiger partial charge in [0.15, 0.2) is 0 Å². The average Bonchev–Trinajstić information content (AvgIpc) is 2.45. The number of nitrogen functional groups attached to an aromatic ring is 1. The Bertz CT molecular complexity index is 761. The second kappa shape index (κ2) is 3.93. The van der Waals surface area contributed by atoms with Crippen molar-refractivity contribution in [2.24, 2.45) is 5.73 Å². The summed E-state index contributed by atoms with van der Waals surface area (Å²) >= 11 is 1.24. The molecule has 1 fully saturated rings. The maximum absolute atomic E-state index is 11.7. The number of hydrogen-bond donors (Lipinski definition) is 3. The van der Waals surface area contributed by atoms with Crippen LogP contribution in [0.4, 0.5) is 5.69 Å². The van der Waals surface area contributed by atoms with Gasteiger partial charge in [-0.05, 0) is 0 Å². The molecule has 1 aromatic rings. The van der Waals surface area contributed by atoms with Gasteiger partial charge in [-0.25, -0.2) is 4.79 Å². The van der Waals surface area contributed by atoms with Crippen molar-refractivity contribution < 1.29 is 14.7 Å². The Labute approximate surface area is 115 Å². The number of carbonyl (C=O) groups is 2. The predicted octanol–water partition coefficient (Wildman–Crippen LogP) is -2.10. The zero-order valence-electron chi connectivity index (χ0n) is 9.95. The van der Waals surface area contributed by atoms with Gasteiger partial charge >= 0.3 is 5.97 Å². The standard InChI is InChI=1S/C11H9N3O5S/c12-4-3(7(15)8(4)16)2-1-20-10-5(13)9(17)14(10)6(2)11(18)19/h5,10H,1,12-13H2,(H,18,19)/t5?,10-/m0/s1. The van der Waals surface area contributed by atoms with Gasteiger partial charge in [0.2, 0.25) is 16.8 Å². The van der Waals surface area contributed by atoms with E-state index in [2.05, 4.69) is 0 Å². The minimum Gasteiger partial charge on any atom is -0.477 e. The summed E-state index contributed by atoms with van der Waals surface area (Å²) in [7, 11) is 0. The van der Waals surface area contributed by atoms with E-state index >= 15 is 0 Å². The first-order valence-corrected chi connectivity index (χ1v) is 6.67. The fraction of sp³-hybridized carbons (Fsp3) is 0.273. The summed E-state index contributed by atoms with van der Waals surface area (Å²) in [5.74, 6) is -1.70. The SMILES string of the molecule is Nc1c(C2=C(C(=O)O)N3C(=O)C(N)[C@@H]3SC2)c(=O)c1=O. The highest BCUT2D eigenvalue weighted by Gasteiger charge is 2.52. The normalized spacial score (nSPS) is 25.6. The number of rotatable bonds is 2. The summed E-state index contributed by atoms with van der Waals surface area (Å²) in [5, 5.41) is 8.83. The molecular weight excluding hydrogens is 286 g/mol. The van der Waals surface area contributed by atoms with Gasteiger partial charge in [-0.2, -0.15) is 0 Å². The lowest BCUT2D eigenvalue weighted by Gasteiger charge is -2.48. The highest BCUT2D eigenvalue weighted by Crippen LogP contribution is 2.42. The minimum atomic E-state index is -1.35. The first kappa shape index (κ1) is 12.9. The van der Waals surface area contributed by atoms with Crippen LogP contribution in [-0.2, 0) is 9.59 Å². The van der Waals surface area contributed by atoms with E-state index in [-0.39, 0.29) is 28.3 Å². The van der Waals surface area contributed by atoms with Gasteiger partial charge in [-0.3, -0.25) is 19.3 Å². The quantitative estimate of drug-likeness (QED) is 0.416. The van der Waals surface area contributed by atoms with Gasteiger partial charge in [-0.1, -0.05) is 0 Å². The van der Waals surface area contributed by atoms with Crippen LogP contribution in [0, 0.1) is 0 Å². The lowest BCUT2D eigenvalue weighted by Crippen LogP contribution is -2.68. The molecule has 20 heavy (non-hydrogen) atoms. The molecule has 0 spiro atoms. The van der Waals surface area contributed by atoms with Crippen LogP contribution in [0.2, 0.25) is 0 Å². The maximum Gasteiger partial charge on any atom is 0.352 e. The van der Waals surface area contributed by atoms with Crippen molar-refractivity contribution >= 4 is 34.9 Å². The molecule has 104 valence electrons. The van der Waals surface area contributed by atoms with Crippen molar-refractivity contribution in [3.05, 3.63) is 31.7 Å². The van der Waals surface area contributed by atoms with Crippen LogP contribution in [0.1, 0.15) is 5.56 Å². The Morgan fingerprint density at radius 3 is 2.50 bits per heavy atom. The van der Waals surface area contributed by atoms with Crippen LogP contribution in [-0.4, -0.2) is 39.1 Å². The molecule has 2 heterocycles. The van der Waals surface area contributed by atoms with Gasteiger partial charge in [0.25, 0.3) is 0 Å². The Hall–Kier alpha value is -2.13. The van der Waals surface area contributed by atoms with Gasteiger partial charge in [0, 0.05) is 11.3 Å². The second-order valence-corrected chi connectivity index (χ2v) is 5.62. The monoisotopic (exact) mass is 295 g/mol. The summed E-state index contributed by atoms with van der Waals surface area (Å²) in [5.41, 5.74) is 8.88. The first-order chi connectivity index (χ1) is 9.36. The topological polar surface area (TPSA) is 144 Å². The smallest absolute Gasteiger partial charge is 0.352 e. The van der Waals surface area contributed by atoms with Crippen LogP contribution in [0.15, 0.2) is 15.3 Å². The van der Waals surface area contributed by atoms with Crippen molar-refractivity contribution in [2.45, 2.75) is 11.4 Å². The van der Waals surface area contributed by atoms with Crippen molar-refractivity contribution in [1.29, 1.82) is 0 Å². The largest absolute Gasteiger partial charge is 0.477 e. The van der Waals surface area contributed by atoms with Crippen molar-refractivity contribution in [2.75, 3.05) is 11.5 Å². The summed E-state index contributed by atoms with van der Waals surface area (Å²) < 4.78 is 0. The van der Waals surface area contributed by atoms with E-state index < -0.39 is 34.1 Å². The number of amides is 1. The van der Waals surface area contributed by atoms with Gasteiger partial charge in [0.05, 0.1) is 11.3 Å². The van der Waals surface area contributed by atoms with E-state index in [0.29, 0.717) is 0 Å². The number of nitrogens with zero attached hydrogens (tertiary/aromatic N) is 1. The number of anilines is 1. The fourth-order valence-corrected chi connectivity index (χ4v) is 3.72. The van der Waals surface area contributed by atoms with Crippen LogP contribution < -0.4 is 22.3 Å². The second-order valence-electron chi connectivity index (χ2n) is 4.51. The molecule has 0 radical (unpaired) electrons. The molecule has 9 heteroatoms. The number of carboxylic acid groups (broad SMARTS) is 1. The number of nitrogens with two attached hydrogens (primary N) is 2. The number of thioether (sulfide) groups is 1. The van der Waals surface area contributed by atoms with Crippen LogP contribution in [0.5, 0.6) is 0 Å². The van der Waals surface area contributed by atoms with Crippen molar-refractivity contribution in [1.82, 2.24) is 4.90 Å². The van der Waals surface area contributed by atoms with Gasteiger partial charge in [0.1, 0.15) is 17.1 Å². The highest BCUT2D eigenvalue weighted by atomic mass is 32.2. The summed E-state index contributed by atoms with van der Waals surface area (Å²) in [6.07, 6.45) is 0. The Balaban J connectivity index is 2.18. The number of β-lactam (4-membered cyclic amide) rings is 1. The van der Waals surface area contributed by atoms with E-state index in [4.69, 9.17) is 11.5 Å². The third kappa shape index (κ3) is 1.36. The van der Waals surface area contributed by atoms with E-state index in [1.807, 2.05) is 0 Å². The number of carboxylic acids is 1. The van der Waals surface area contributed by atoms with E-state index in [1.54, 1.807) is 0 Å². The highest BCUT2D eigenvalue weighted by molar-refractivity contribution is 8.00. The molecule has 8 nitrogen and oxygen atoms in total. The maximum atomic E-state index is 11.7. The van der Waals surface area contributed by atoms with Crippen molar-refractivity contribution in [3.63, 3.8) is 0 Å². The van der Waals surface area contributed by atoms with Crippen molar-refractivity contribution in [3.8, 4) is 0 Å². The van der Waals surface area contributed by atoms with E-state index in [0.717, 1.165) is 4.90 Å². The van der Waals surface area contributed by atoms with Crippen LogP contribution in [0.3, 0.4) is 0 Å². The fourth-order valence-electron chi connectivity index (χ4n) is 2.42. The molecule has 1 amide bonds. The zero-order chi connectivity index (χ0) is 14.8. The average molecular weight is 295 g/mol. The molecule has 2 aliphatic heterocycles. The van der Waals surface area contributed by atoms with Gasteiger partial charge < -0.3 is 16.6 Å². The number of aliphatic carboxylic acids is 1. The molecule has 0 aromatic heterocycles. The Morgan fingerprint density at radius 2 is 1.95 bits per heavy atom. The summed E-state index contributed by atoms with van der Waals surface area (Å²) in [6.45, 7) is 0. The molecule has 1 saturated heterocycles. The summed E-state index contributed by atoms with van der Waals surface area (Å²) in [6, 6.07) is -0.749. The Morgan fingerprint density at radius 1 is 1.30 bits per heavy atom. The molecule has 3 rings (SSSR count). The summed E-state index contributed by atoms with van der Waals surface area (Å²) in [4.78, 5) is 46.8. The Kier molecular flexibility index (Phi) is 2.53. The number of carbonyl (C=O) groups excluding carboxylic acids is 1. The molecule has 2 atom stereocenters. The molecule has 1 unspecified atom stereocenters. The van der Waals surface area contributed by atoms with E-state index in [9.17, 15) is 24.3 Å². The van der Waals surface area contributed by atoms with Crippen LogP contribution >= 0.6 is 11.8 Å². The number of fused-ring (bicyclic) bond motifs is 1. The zero-order valence-corrected chi connectivity index (χ0v) is 10.8. The molecular formula is C11H9N3O5S. The number of hydrogen-bond acceptors (Lipinski definition) is 7. The lowest BCUT2D eigenvalue weighted by atomic mass is 9.95. The molecule has 0 bridgehead atoms. The minimum absolute atomic E-state index is 0.0911. The van der Waals surface area contributed by atoms with E-state index in [1.165, 1.54) is 11.8 Å². The van der Waals surface area contributed by atoms with Gasteiger partial charge in [-0.15, -0.1) is 11.8 Å². The molecule has 2 aliphatic rings. The molecule has 5 N–H and O–H groups in total. The van der Waals surface area contributed by atoms with Crippen LogP contribution in [0.25, 0.3) is 5.57 Å².